The van der Waals surface area contributed by atoms with E-state index in [-0.39, 0.29) is 11.2 Å². The molecule has 0 saturated heterocycles. The molecule has 26 heavy (non-hydrogen) atoms. The smallest absolute Gasteiger partial charge is 0.159 e. The lowest BCUT2D eigenvalue weighted by atomic mass is 9.68. The van der Waals surface area contributed by atoms with Gasteiger partial charge in [0.05, 0.1) is 5.41 Å². The molecule has 0 radical (unpaired) electrons. The van der Waals surface area contributed by atoms with E-state index in [2.05, 4.69) is 72.8 Å². The highest BCUT2D eigenvalue weighted by Gasteiger charge is 2.52. The van der Waals surface area contributed by atoms with Crippen LogP contribution in [0.25, 0.3) is 16.7 Å². The van der Waals surface area contributed by atoms with Crippen LogP contribution in [0.5, 0.6) is 0 Å². The third kappa shape index (κ3) is 1.46. The molecule has 1 heteroatoms. The van der Waals surface area contributed by atoms with Crippen LogP contribution < -0.4 is 0 Å². The summed E-state index contributed by atoms with van der Waals surface area (Å²) in [5, 5.41) is 0. The van der Waals surface area contributed by atoms with Gasteiger partial charge in [-0.05, 0) is 50.6 Å². The monoisotopic (exact) mass is 332 g/mol. The van der Waals surface area contributed by atoms with Crippen molar-refractivity contribution in [3.05, 3.63) is 113 Å². The Morgan fingerprint density at radius 2 is 1.12 bits per heavy atom. The molecule has 3 aliphatic carbocycles. The van der Waals surface area contributed by atoms with Crippen molar-refractivity contribution in [2.24, 2.45) is 0 Å². The van der Waals surface area contributed by atoms with Crippen molar-refractivity contribution in [2.75, 3.05) is 0 Å². The van der Waals surface area contributed by atoms with Crippen LogP contribution in [0.2, 0.25) is 0 Å². The Hall–Kier alpha value is -3.19. The van der Waals surface area contributed by atoms with Crippen molar-refractivity contribution in [3.8, 4) is 11.1 Å². The molecule has 0 atom stereocenters. The van der Waals surface area contributed by atoms with Gasteiger partial charge in [-0.25, -0.2) is 0 Å². The zero-order valence-corrected chi connectivity index (χ0v) is 14.2. The van der Waals surface area contributed by atoms with Gasteiger partial charge in [0, 0.05) is 6.42 Å². The second-order valence-electron chi connectivity index (χ2n) is 7.26. The molecule has 0 unspecified atom stereocenters. The summed E-state index contributed by atoms with van der Waals surface area (Å²) in [5.74, 6) is 0.192. The van der Waals surface area contributed by atoms with E-state index in [9.17, 15) is 4.79 Å². The fraction of sp³-hybridized carbons (Fsp3) is 0.0800. The third-order valence-corrected chi connectivity index (χ3v) is 6.14. The van der Waals surface area contributed by atoms with E-state index in [0.717, 1.165) is 0 Å². The maximum absolute atomic E-state index is 12.4. The van der Waals surface area contributed by atoms with Crippen LogP contribution in [0.4, 0.5) is 0 Å². The molecule has 0 aromatic heterocycles. The Morgan fingerprint density at radius 1 is 0.615 bits per heavy atom. The molecule has 122 valence electrons. The van der Waals surface area contributed by atoms with Gasteiger partial charge >= 0.3 is 0 Å². The SMILES string of the molecule is O=C1C=CC2=C(C1)C1(c3ccccc32)c2ccccc2-c2ccccc21. The summed E-state index contributed by atoms with van der Waals surface area (Å²) in [6.07, 6.45) is 4.25. The molecule has 3 aromatic carbocycles. The molecular weight excluding hydrogens is 316 g/mol. The van der Waals surface area contributed by atoms with Crippen molar-refractivity contribution in [1.29, 1.82) is 0 Å². The summed E-state index contributed by atoms with van der Waals surface area (Å²) in [6.45, 7) is 0. The number of rotatable bonds is 0. The highest BCUT2D eigenvalue weighted by atomic mass is 16.1. The zero-order valence-electron chi connectivity index (χ0n) is 14.2. The number of hydrogen-bond acceptors (Lipinski definition) is 1. The second-order valence-corrected chi connectivity index (χ2v) is 7.26. The number of carbonyl (C=O) groups is 1. The molecule has 0 N–H and O–H groups in total. The van der Waals surface area contributed by atoms with Gasteiger partial charge in [-0.3, -0.25) is 4.79 Å². The molecule has 0 saturated carbocycles. The molecule has 1 nitrogen and oxygen atoms in total. The van der Waals surface area contributed by atoms with Crippen LogP contribution in [0, 0.1) is 0 Å². The lowest BCUT2D eigenvalue weighted by Crippen LogP contribution is -2.28. The molecule has 0 fully saturated rings. The second kappa shape index (κ2) is 4.70. The van der Waals surface area contributed by atoms with Crippen LogP contribution in [0.3, 0.4) is 0 Å². The summed E-state index contributed by atoms with van der Waals surface area (Å²) in [5.41, 5.74) is 9.89. The lowest BCUT2D eigenvalue weighted by Gasteiger charge is -2.33. The number of hydrogen-bond donors (Lipinski definition) is 0. The van der Waals surface area contributed by atoms with Crippen LogP contribution in [-0.4, -0.2) is 5.78 Å². The van der Waals surface area contributed by atoms with Gasteiger partial charge in [0.15, 0.2) is 5.78 Å². The summed E-state index contributed by atoms with van der Waals surface area (Å²) in [4.78, 5) is 12.4. The predicted octanol–water partition coefficient (Wildman–Crippen LogP) is 5.30. The minimum absolute atomic E-state index is 0.192. The van der Waals surface area contributed by atoms with Gasteiger partial charge in [-0.15, -0.1) is 0 Å². The highest BCUT2D eigenvalue weighted by molar-refractivity contribution is 6.06. The van der Waals surface area contributed by atoms with Crippen molar-refractivity contribution in [3.63, 3.8) is 0 Å². The van der Waals surface area contributed by atoms with E-state index in [1.54, 1.807) is 6.08 Å². The van der Waals surface area contributed by atoms with Crippen molar-refractivity contribution in [1.82, 2.24) is 0 Å². The maximum atomic E-state index is 12.4. The first-order valence-electron chi connectivity index (χ1n) is 9.05. The minimum Gasteiger partial charge on any atom is -0.294 e. The number of fused-ring (bicyclic) bond motifs is 9. The number of allylic oxidation sites excluding steroid dienone is 4. The van der Waals surface area contributed by atoms with Crippen LogP contribution in [0.15, 0.2) is 90.5 Å². The fourth-order valence-electron chi connectivity index (χ4n) is 5.25. The van der Waals surface area contributed by atoms with Crippen LogP contribution in [-0.2, 0) is 10.2 Å². The Morgan fingerprint density at radius 3 is 1.73 bits per heavy atom. The first-order valence-corrected chi connectivity index (χ1v) is 9.05. The topological polar surface area (TPSA) is 17.1 Å². The quantitative estimate of drug-likeness (QED) is 0.546. The van der Waals surface area contributed by atoms with E-state index in [4.69, 9.17) is 0 Å². The number of carbonyl (C=O) groups excluding carboxylic acids is 1. The van der Waals surface area contributed by atoms with Crippen LogP contribution >= 0.6 is 0 Å². The Balaban J connectivity index is 1.84. The summed E-state index contributed by atoms with van der Waals surface area (Å²) < 4.78 is 0. The molecule has 3 aromatic rings. The predicted molar refractivity (Wildman–Crippen MR) is 104 cm³/mol. The lowest BCUT2D eigenvalue weighted by molar-refractivity contribution is -0.114. The van der Waals surface area contributed by atoms with E-state index >= 15 is 0 Å². The molecule has 0 heterocycles. The summed E-state index contributed by atoms with van der Waals surface area (Å²) >= 11 is 0. The van der Waals surface area contributed by atoms with Crippen molar-refractivity contribution >= 4 is 11.4 Å². The molecule has 0 amide bonds. The Kier molecular flexibility index (Phi) is 2.54. The van der Waals surface area contributed by atoms with E-state index in [1.807, 2.05) is 6.08 Å². The molecule has 3 aliphatic rings. The van der Waals surface area contributed by atoms with E-state index in [0.29, 0.717) is 6.42 Å². The fourth-order valence-corrected chi connectivity index (χ4v) is 5.25. The third-order valence-electron chi connectivity index (χ3n) is 6.14. The molecule has 1 spiro atoms. The summed E-state index contributed by atoms with van der Waals surface area (Å²) in [7, 11) is 0. The average molecular weight is 332 g/mol. The average Bonchev–Trinajstić information content (AvgIpc) is 3.15. The van der Waals surface area contributed by atoms with E-state index in [1.165, 1.54) is 44.5 Å². The number of benzene rings is 3. The van der Waals surface area contributed by atoms with Crippen molar-refractivity contribution < 1.29 is 4.79 Å². The first-order chi connectivity index (χ1) is 12.8. The first kappa shape index (κ1) is 14.0. The van der Waals surface area contributed by atoms with Gasteiger partial charge in [-0.1, -0.05) is 78.9 Å². The zero-order chi connectivity index (χ0) is 17.3. The van der Waals surface area contributed by atoms with Gasteiger partial charge in [0.2, 0.25) is 0 Å². The standard InChI is InChI=1S/C25H16O/c26-16-13-14-20-19-9-3-6-12-23(19)25(24(20)15-16)21-10-4-1-7-17(21)18-8-2-5-11-22(18)25/h1-14H,15H2. The normalized spacial score (nSPS) is 17.9. The van der Waals surface area contributed by atoms with Gasteiger partial charge in [-0.2, -0.15) is 0 Å². The minimum atomic E-state index is -0.334. The Bertz CT molecular complexity index is 1130. The van der Waals surface area contributed by atoms with Gasteiger partial charge in [0.25, 0.3) is 0 Å². The van der Waals surface area contributed by atoms with E-state index < -0.39 is 0 Å². The molecule has 6 rings (SSSR count). The highest BCUT2D eigenvalue weighted by Crippen LogP contribution is 2.62. The largest absolute Gasteiger partial charge is 0.294 e. The Labute approximate surface area is 152 Å². The maximum Gasteiger partial charge on any atom is 0.159 e. The number of ketones is 1. The van der Waals surface area contributed by atoms with Crippen LogP contribution in [0.1, 0.15) is 28.7 Å². The molecular formula is C25H16O. The molecule has 0 aliphatic heterocycles. The molecule has 0 bridgehead atoms. The van der Waals surface area contributed by atoms with Gasteiger partial charge < -0.3 is 0 Å². The van der Waals surface area contributed by atoms with Gasteiger partial charge in [0.1, 0.15) is 0 Å². The van der Waals surface area contributed by atoms with Crippen molar-refractivity contribution in [2.45, 2.75) is 11.8 Å². The summed E-state index contributed by atoms with van der Waals surface area (Å²) in [6, 6.07) is 26.0.